The molecule has 3 nitrogen and oxygen atoms in total. The molecule has 0 aliphatic carbocycles. The molecule has 0 aromatic carbocycles. The Balaban J connectivity index is 2.41. The maximum absolute atomic E-state index is 4.53. The number of anilines is 1. The number of nitrogens with zero attached hydrogens (tertiary/aromatic N) is 2. The molecule has 0 bridgehead atoms. The lowest BCUT2D eigenvalue weighted by Gasteiger charge is -2.06. The molecule has 0 unspecified atom stereocenters. The van der Waals surface area contributed by atoms with Gasteiger partial charge in [0.25, 0.3) is 0 Å². The van der Waals surface area contributed by atoms with E-state index >= 15 is 0 Å². The van der Waals surface area contributed by atoms with E-state index in [-0.39, 0.29) is 0 Å². The lowest BCUT2D eigenvalue weighted by atomic mass is 10.2. The molecule has 0 aliphatic rings. The predicted molar refractivity (Wildman–Crippen MR) is 68.9 cm³/mol. The first kappa shape index (κ1) is 11.1. The third-order valence-corrected chi connectivity index (χ3v) is 2.96. The van der Waals surface area contributed by atoms with Crippen LogP contribution in [0.5, 0.6) is 0 Å². The van der Waals surface area contributed by atoms with E-state index in [0.29, 0.717) is 0 Å². The van der Waals surface area contributed by atoms with Gasteiger partial charge in [0.15, 0.2) is 5.82 Å². The Kier molecular flexibility index (Phi) is 3.51. The summed E-state index contributed by atoms with van der Waals surface area (Å²) in [5.41, 5.74) is 2.17. The van der Waals surface area contributed by atoms with Gasteiger partial charge < -0.3 is 5.32 Å². The number of nitrogens with one attached hydrogen (secondary N) is 1. The Hall–Kier alpha value is -1.42. The average molecular weight is 233 g/mol. The molecule has 4 heteroatoms. The first-order valence-electron chi connectivity index (χ1n) is 5.48. The minimum Gasteiger partial charge on any atom is -0.370 e. The molecule has 2 rings (SSSR count). The first-order valence-corrected chi connectivity index (χ1v) is 6.42. The highest BCUT2D eigenvalue weighted by Gasteiger charge is 2.05. The molecule has 0 fully saturated rings. The van der Waals surface area contributed by atoms with Crippen molar-refractivity contribution in [3.63, 3.8) is 0 Å². The Morgan fingerprint density at radius 2 is 2.19 bits per heavy atom. The van der Waals surface area contributed by atoms with E-state index < -0.39 is 0 Å². The largest absolute Gasteiger partial charge is 0.370 e. The van der Waals surface area contributed by atoms with Crippen LogP contribution in [0.3, 0.4) is 0 Å². The predicted octanol–water partition coefficient (Wildman–Crippen LogP) is 3.20. The highest BCUT2D eigenvalue weighted by atomic mass is 32.1. The van der Waals surface area contributed by atoms with Crippen molar-refractivity contribution in [2.24, 2.45) is 0 Å². The Morgan fingerprint density at radius 1 is 1.31 bits per heavy atom. The number of aromatic nitrogens is 2. The summed E-state index contributed by atoms with van der Waals surface area (Å²) < 4.78 is 0. The summed E-state index contributed by atoms with van der Waals surface area (Å²) in [6.07, 6.45) is 0.929. The van der Waals surface area contributed by atoms with E-state index in [4.69, 9.17) is 0 Å². The average Bonchev–Trinajstić information content (AvgIpc) is 2.82. The number of rotatable bonds is 4. The van der Waals surface area contributed by atoms with Crippen molar-refractivity contribution in [1.82, 2.24) is 9.97 Å². The summed E-state index contributed by atoms with van der Waals surface area (Å²) in [6.45, 7) is 5.05. The number of thiophene rings is 1. The van der Waals surface area contributed by atoms with Crippen LogP contribution >= 0.6 is 11.3 Å². The summed E-state index contributed by atoms with van der Waals surface area (Å²) in [7, 11) is 0. The standard InChI is InChI=1S/C12H15N3S/c1-3-10-7-11(13-4-2)15-12(14-10)9-5-6-16-8-9/h5-8H,3-4H2,1-2H3,(H,13,14,15). The smallest absolute Gasteiger partial charge is 0.162 e. The SMILES string of the molecule is CCNc1cc(CC)nc(-c2ccsc2)n1. The van der Waals surface area contributed by atoms with Crippen LogP contribution in [0, 0.1) is 0 Å². The van der Waals surface area contributed by atoms with Crippen molar-refractivity contribution >= 4 is 17.2 Å². The molecule has 0 saturated heterocycles. The fourth-order valence-corrected chi connectivity index (χ4v) is 2.11. The first-order chi connectivity index (χ1) is 7.83. The highest BCUT2D eigenvalue weighted by Crippen LogP contribution is 2.20. The molecule has 0 spiro atoms. The van der Waals surface area contributed by atoms with E-state index in [9.17, 15) is 0 Å². The van der Waals surface area contributed by atoms with E-state index in [0.717, 1.165) is 35.9 Å². The monoisotopic (exact) mass is 233 g/mol. The third kappa shape index (κ3) is 2.39. The minimum absolute atomic E-state index is 0.816. The molecule has 84 valence electrons. The van der Waals surface area contributed by atoms with Crippen molar-refractivity contribution in [3.05, 3.63) is 28.6 Å². The third-order valence-electron chi connectivity index (χ3n) is 2.28. The van der Waals surface area contributed by atoms with Crippen molar-refractivity contribution < 1.29 is 0 Å². The lowest BCUT2D eigenvalue weighted by Crippen LogP contribution is -2.03. The Morgan fingerprint density at radius 3 is 2.81 bits per heavy atom. The summed E-state index contributed by atoms with van der Waals surface area (Å²) in [6, 6.07) is 4.06. The van der Waals surface area contributed by atoms with E-state index in [2.05, 4.69) is 40.6 Å². The van der Waals surface area contributed by atoms with Crippen LogP contribution in [0.2, 0.25) is 0 Å². The molecular formula is C12H15N3S. The van der Waals surface area contributed by atoms with Gasteiger partial charge in [-0.05, 0) is 24.8 Å². The molecule has 0 amide bonds. The van der Waals surface area contributed by atoms with Crippen LogP contribution in [0.25, 0.3) is 11.4 Å². The summed E-state index contributed by atoms with van der Waals surface area (Å²) in [5, 5.41) is 7.36. The van der Waals surface area contributed by atoms with Gasteiger partial charge >= 0.3 is 0 Å². The fourth-order valence-electron chi connectivity index (χ4n) is 1.47. The van der Waals surface area contributed by atoms with Gasteiger partial charge in [-0.2, -0.15) is 11.3 Å². The van der Waals surface area contributed by atoms with Crippen LogP contribution in [-0.2, 0) is 6.42 Å². The minimum atomic E-state index is 0.816. The van der Waals surface area contributed by atoms with Crippen LogP contribution in [0.15, 0.2) is 22.9 Å². The second-order valence-corrected chi connectivity index (χ2v) is 4.24. The zero-order valence-electron chi connectivity index (χ0n) is 9.53. The van der Waals surface area contributed by atoms with Crippen LogP contribution in [-0.4, -0.2) is 16.5 Å². The summed E-state index contributed by atoms with van der Waals surface area (Å²) in [4.78, 5) is 9.03. The van der Waals surface area contributed by atoms with Crippen molar-refractivity contribution in [2.45, 2.75) is 20.3 Å². The molecular weight excluding hydrogens is 218 g/mol. The van der Waals surface area contributed by atoms with Crippen LogP contribution in [0.4, 0.5) is 5.82 Å². The second kappa shape index (κ2) is 5.07. The number of hydrogen-bond acceptors (Lipinski definition) is 4. The Bertz CT molecular complexity index is 451. The quantitative estimate of drug-likeness (QED) is 0.881. The zero-order chi connectivity index (χ0) is 11.4. The van der Waals surface area contributed by atoms with Gasteiger partial charge in [0.05, 0.1) is 0 Å². The Labute approximate surface area is 99.6 Å². The normalized spacial score (nSPS) is 10.4. The lowest BCUT2D eigenvalue weighted by molar-refractivity contribution is 0.999. The molecule has 0 atom stereocenters. The topological polar surface area (TPSA) is 37.8 Å². The molecule has 0 saturated carbocycles. The molecule has 0 radical (unpaired) electrons. The maximum atomic E-state index is 4.53. The highest BCUT2D eigenvalue weighted by molar-refractivity contribution is 7.08. The van der Waals surface area contributed by atoms with E-state index in [1.54, 1.807) is 11.3 Å². The van der Waals surface area contributed by atoms with Crippen molar-refractivity contribution in [3.8, 4) is 11.4 Å². The fraction of sp³-hybridized carbons (Fsp3) is 0.333. The molecule has 2 aromatic rings. The van der Waals surface area contributed by atoms with Crippen molar-refractivity contribution in [2.75, 3.05) is 11.9 Å². The van der Waals surface area contributed by atoms with Gasteiger partial charge in [-0.25, -0.2) is 9.97 Å². The van der Waals surface area contributed by atoms with Crippen molar-refractivity contribution in [1.29, 1.82) is 0 Å². The van der Waals surface area contributed by atoms with Gasteiger partial charge in [-0.1, -0.05) is 6.92 Å². The van der Waals surface area contributed by atoms with Gasteiger partial charge in [0.1, 0.15) is 5.82 Å². The van der Waals surface area contributed by atoms with Gasteiger partial charge in [0, 0.05) is 29.2 Å². The summed E-state index contributed by atoms with van der Waals surface area (Å²) in [5.74, 6) is 1.73. The van der Waals surface area contributed by atoms with Gasteiger partial charge in [0.2, 0.25) is 0 Å². The zero-order valence-corrected chi connectivity index (χ0v) is 10.3. The van der Waals surface area contributed by atoms with Crippen LogP contribution in [0.1, 0.15) is 19.5 Å². The van der Waals surface area contributed by atoms with E-state index in [1.165, 1.54) is 0 Å². The maximum Gasteiger partial charge on any atom is 0.162 e. The molecule has 1 N–H and O–H groups in total. The van der Waals surface area contributed by atoms with Gasteiger partial charge in [-0.3, -0.25) is 0 Å². The molecule has 0 aliphatic heterocycles. The number of hydrogen-bond donors (Lipinski definition) is 1. The van der Waals surface area contributed by atoms with Crippen LogP contribution < -0.4 is 5.32 Å². The molecule has 2 aromatic heterocycles. The second-order valence-electron chi connectivity index (χ2n) is 3.46. The number of aryl methyl sites for hydroxylation is 1. The molecule has 2 heterocycles. The van der Waals surface area contributed by atoms with E-state index in [1.807, 2.05) is 11.4 Å². The van der Waals surface area contributed by atoms with Gasteiger partial charge in [-0.15, -0.1) is 0 Å². The molecule has 16 heavy (non-hydrogen) atoms. The summed E-state index contributed by atoms with van der Waals surface area (Å²) >= 11 is 1.67.